The van der Waals surface area contributed by atoms with Gasteiger partial charge in [-0.2, -0.15) is 0 Å². The van der Waals surface area contributed by atoms with Gasteiger partial charge in [0.2, 0.25) is 0 Å². The van der Waals surface area contributed by atoms with Gasteiger partial charge in [0.15, 0.2) is 0 Å². The van der Waals surface area contributed by atoms with Gasteiger partial charge in [0.1, 0.15) is 0 Å². The van der Waals surface area contributed by atoms with Crippen LogP contribution in [0.25, 0.3) is 0 Å². The minimum Gasteiger partial charge on any atom is -0.147 e. The Labute approximate surface area is 160 Å². The van der Waals surface area contributed by atoms with Crippen molar-refractivity contribution >= 4 is 43.2 Å². The van der Waals surface area contributed by atoms with Crippen LogP contribution in [0.5, 0.6) is 5.75 Å². The Morgan fingerprint density at radius 3 is 2.09 bits per heavy atom. The molecule has 0 spiro atoms. The number of allylic oxidation sites excluding steroid dienone is 4. The number of aryl methyl sites for hydroxylation is 1. The second-order valence-electron chi connectivity index (χ2n) is 7.95. The number of rotatable bonds is 3. The Kier molecular flexibility index (Phi) is 7.71. The van der Waals surface area contributed by atoms with Crippen molar-refractivity contribution in [3.63, 3.8) is 0 Å². The van der Waals surface area contributed by atoms with Crippen LogP contribution in [0.2, 0.25) is 10.5 Å². The first kappa shape index (κ1) is 23.2. The third kappa shape index (κ3) is 4.65. The first-order valence-corrected chi connectivity index (χ1v) is 19.1. The molecule has 23 heavy (non-hydrogen) atoms. The summed E-state index contributed by atoms with van der Waals surface area (Å²) in [5.41, 5.74) is 4.40. The van der Waals surface area contributed by atoms with Gasteiger partial charge < -0.3 is 0 Å². The normalized spacial score (nSPS) is 19.9. The third-order valence-electron chi connectivity index (χ3n) is 5.02. The van der Waals surface area contributed by atoms with Crippen molar-refractivity contribution in [1.82, 2.24) is 0 Å². The van der Waals surface area contributed by atoms with E-state index in [0.717, 1.165) is 24.1 Å². The zero-order chi connectivity index (χ0) is 16.0. The van der Waals surface area contributed by atoms with E-state index in [4.69, 9.17) is 3.32 Å². The van der Waals surface area contributed by atoms with E-state index >= 15 is 0 Å². The molecule has 0 aromatic heterocycles. The molecule has 1 aromatic rings. The van der Waals surface area contributed by atoms with Crippen molar-refractivity contribution < 1.29 is 18.3 Å². The van der Waals surface area contributed by atoms with Crippen LogP contribution in [0.3, 0.4) is 0 Å². The molecule has 1 unspecified atom stereocenters. The van der Waals surface area contributed by atoms with Crippen LogP contribution >= 0.6 is 24.8 Å². The molecule has 6 heteroatoms. The summed E-state index contributed by atoms with van der Waals surface area (Å²) in [5, 5.41) is 6.59. The molecule has 1 aromatic carbocycles. The minimum atomic E-state index is -2.99. The van der Waals surface area contributed by atoms with E-state index in [1.54, 1.807) is 20.2 Å². The largest absolute Gasteiger partial charge is 0.147 e. The zero-order valence-corrected chi connectivity index (χ0v) is 22.8. The second kappa shape index (κ2) is 7.63. The average molecular weight is 426 g/mol. The van der Waals surface area contributed by atoms with Gasteiger partial charge in [0.25, 0.3) is 0 Å². The van der Waals surface area contributed by atoms with Crippen molar-refractivity contribution in [3.05, 3.63) is 50.0 Å². The van der Waals surface area contributed by atoms with Crippen LogP contribution in [-0.4, -0.2) is 18.4 Å². The van der Waals surface area contributed by atoms with Gasteiger partial charge in [0.05, 0.1) is 0 Å². The molecule has 0 bridgehead atoms. The summed E-state index contributed by atoms with van der Waals surface area (Å²) in [5.74, 6) is 1.66. The van der Waals surface area contributed by atoms with Gasteiger partial charge in [-0.3, -0.25) is 0 Å². The van der Waals surface area contributed by atoms with Gasteiger partial charge in [-0.25, -0.2) is 0 Å². The fourth-order valence-electron chi connectivity index (χ4n) is 3.89. The number of hydrogen-bond acceptors (Lipinski definition) is 1. The summed E-state index contributed by atoms with van der Waals surface area (Å²) >= 11 is -2.99. The molecule has 0 saturated heterocycles. The topological polar surface area (TPSA) is 9.23 Å². The van der Waals surface area contributed by atoms with Crippen molar-refractivity contribution in [2.45, 2.75) is 38.2 Å². The fraction of sp³-hybridized carbons (Fsp3) is 0.412. The summed E-state index contributed by atoms with van der Waals surface area (Å²) in [6.45, 7) is 9.13. The molecule has 2 rings (SSSR count). The van der Waals surface area contributed by atoms with E-state index in [1.165, 1.54) is 5.56 Å². The molecule has 0 fully saturated rings. The summed E-state index contributed by atoms with van der Waals surface area (Å²) in [4.78, 5) is 0. The summed E-state index contributed by atoms with van der Waals surface area (Å²) in [7, 11) is 2.29. The number of benzene rings is 1. The van der Waals surface area contributed by atoms with Crippen LogP contribution in [0.15, 0.2) is 44.5 Å². The SMILES string of the molecule is CC1=C(C)C(C)[C]([Ti]([CH3])([CH3])([SiH3])[O]c2cccc(C)c2)=C1[SiH3].Cl.Cl. The first-order valence-electron chi connectivity index (χ1n) is 7.88. The molecule has 0 N–H and O–H groups in total. The second-order valence-corrected chi connectivity index (χ2v) is 31.4. The van der Waals surface area contributed by atoms with Crippen molar-refractivity contribution in [2.75, 3.05) is 0 Å². The van der Waals surface area contributed by atoms with Gasteiger partial charge in [0, 0.05) is 0 Å². The summed E-state index contributed by atoms with van der Waals surface area (Å²) in [6, 6.07) is 8.56. The molecule has 0 amide bonds. The molecule has 1 aliphatic rings. The predicted octanol–water partition coefficient (Wildman–Crippen LogP) is 3.76. The molecular formula is C17H31Cl2OSi2Ti. The van der Waals surface area contributed by atoms with Crippen LogP contribution in [0.4, 0.5) is 0 Å². The maximum atomic E-state index is 6.78. The molecule has 131 valence electrons. The minimum absolute atomic E-state index is 0. The summed E-state index contributed by atoms with van der Waals surface area (Å²) < 4.78 is 8.49. The van der Waals surface area contributed by atoms with E-state index in [2.05, 4.69) is 62.4 Å². The third-order valence-corrected chi connectivity index (χ3v) is 15.8. The molecule has 0 radical (unpaired) electrons. The molecule has 1 aliphatic carbocycles. The Morgan fingerprint density at radius 1 is 1.09 bits per heavy atom. The molecule has 0 aliphatic heterocycles. The van der Waals surface area contributed by atoms with Gasteiger partial charge in [-0.15, -0.1) is 24.8 Å². The van der Waals surface area contributed by atoms with Crippen molar-refractivity contribution in [2.24, 2.45) is 5.92 Å². The Balaban J connectivity index is 0.00000242. The van der Waals surface area contributed by atoms with Gasteiger partial charge in [-0.1, -0.05) is 0 Å². The van der Waals surface area contributed by atoms with Gasteiger partial charge >= 0.3 is 136 Å². The van der Waals surface area contributed by atoms with Gasteiger partial charge in [-0.05, 0) is 0 Å². The fourth-order valence-corrected chi connectivity index (χ4v) is 21.2. The first-order chi connectivity index (χ1) is 9.51. The van der Waals surface area contributed by atoms with Crippen LogP contribution < -0.4 is 3.32 Å². The molecule has 1 atom stereocenters. The Morgan fingerprint density at radius 2 is 1.65 bits per heavy atom. The molecule has 1 nitrogen and oxygen atoms in total. The van der Waals surface area contributed by atoms with Crippen LogP contribution in [-0.2, 0) is 14.9 Å². The number of hydrogen-bond donors (Lipinski definition) is 0. The zero-order valence-electron chi connectivity index (χ0n) is 15.6. The van der Waals surface area contributed by atoms with E-state index in [-0.39, 0.29) is 24.8 Å². The molecule has 0 saturated carbocycles. The number of halogens is 2. The monoisotopic (exact) mass is 425 g/mol. The molecular weight excluding hydrogens is 395 g/mol. The molecule has 0 heterocycles. The van der Waals surface area contributed by atoms with E-state index in [0.29, 0.717) is 5.92 Å². The van der Waals surface area contributed by atoms with Crippen molar-refractivity contribution in [1.29, 1.82) is 0 Å². The maximum absolute atomic E-state index is 6.78. The van der Waals surface area contributed by atoms with Crippen molar-refractivity contribution in [3.8, 4) is 5.75 Å². The standard InChI is InChI=1S/C8H13Si.C7H8O.2CH3.2ClH.H3Si.Ti/c1-5-4-8(9)7(3)6(5)2;1-6-3-2-4-7(8)5-6;;;;;;/h5H,1-3,9H3;2-5,8H,1H3;2*1H3;2*1H;1H3;/q;;;;;;;+1/p-1. The van der Waals surface area contributed by atoms with E-state index in [1.807, 2.05) is 0 Å². The summed E-state index contributed by atoms with van der Waals surface area (Å²) in [6.07, 6.45) is 0. The maximum Gasteiger partial charge on any atom is -0.147 e. The quantitative estimate of drug-likeness (QED) is 0.669. The van der Waals surface area contributed by atoms with Crippen LogP contribution in [0, 0.1) is 12.8 Å². The average Bonchev–Trinajstić information content (AvgIpc) is 2.53. The van der Waals surface area contributed by atoms with E-state index in [9.17, 15) is 0 Å². The Bertz CT molecular complexity index is 660. The smallest absolute Gasteiger partial charge is 0.147 e. The Hall–Kier alpha value is 0.228. The van der Waals surface area contributed by atoms with Crippen LogP contribution in [0.1, 0.15) is 26.3 Å². The van der Waals surface area contributed by atoms with E-state index < -0.39 is 14.9 Å². The predicted molar refractivity (Wildman–Crippen MR) is 112 cm³/mol.